The SMILES string of the molecule is COc1ccc(C(=O)NC2(C)COC3(CCC(NC(C)=O)CC3)OC2)cc1. The lowest BCUT2D eigenvalue weighted by Crippen LogP contribution is -2.61. The van der Waals surface area contributed by atoms with Gasteiger partial charge < -0.3 is 24.8 Å². The molecule has 1 aliphatic heterocycles. The number of nitrogens with one attached hydrogen (secondary N) is 2. The molecule has 7 nitrogen and oxygen atoms in total. The van der Waals surface area contributed by atoms with Gasteiger partial charge in [0.1, 0.15) is 5.75 Å². The number of benzene rings is 1. The van der Waals surface area contributed by atoms with Crippen LogP contribution in [0.4, 0.5) is 0 Å². The molecule has 3 rings (SSSR count). The van der Waals surface area contributed by atoms with E-state index in [0.29, 0.717) is 24.5 Å². The predicted molar refractivity (Wildman–Crippen MR) is 99.6 cm³/mol. The molecule has 7 heteroatoms. The number of hydrogen-bond acceptors (Lipinski definition) is 5. The van der Waals surface area contributed by atoms with Crippen LogP contribution in [-0.4, -0.2) is 49.5 Å². The quantitative estimate of drug-likeness (QED) is 0.840. The molecular formula is C20H28N2O5. The average molecular weight is 376 g/mol. The molecule has 0 bridgehead atoms. The van der Waals surface area contributed by atoms with E-state index in [1.807, 2.05) is 6.92 Å². The Hall–Kier alpha value is -2.12. The largest absolute Gasteiger partial charge is 0.497 e. The molecule has 27 heavy (non-hydrogen) atoms. The Morgan fingerprint density at radius 1 is 1.11 bits per heavy atom. The molecule has 148 valence electrons. The second-order valence-corrected chi connectivity index (χ2v) is 7.71. The molecule has 1 aromatic rings. The highest BCUT2D eigenvalue weighted by Gasteiger charge is 2.45. The summed E-state index contributed by atoms with van der Waals surface area (Å²) in [5.41, 5.74) is -0.0235. The zero-order valence-corrected chi connectivity index (χ0v) is 16.2. The average Bonchev–Trinajstić information content (AvgIpc) is 2.66. The zero-order valence-electron chi connectivity index (χ0n) is 16.2. The van der Waals surface area contributed by atoms with E-state index in [0.717, 1.165) is 25.7 Å². The van der Waals surface area contributed by atoms with Crippen LogP contribution in [-0.2, 0) is 14.3 Å². The summed E-state index contributed by atoms with van der Waals surface area (Å²) in [7, 11) is 1.59. The number of carbonyl (C=O) groups excluding carboxylic acids is 2. The summed E-state index contributed by atoms with van der Waals surface area (Å²) < 4.78 is 17.3. The standard InChI is InChI=1S/C20H28N2O5/c1-14(23)21-16-8-10-20(11-9-16)26-12-19(2,13-27-20)22-18(24)15-4-6-17(25-3)7-5-15/h4-7,16H,8-13H2,1-3H3,(H,21,23)(H,22,24). The first-order valence-electron chi connectivity index (χ1n) is 9.35. The maximum atomic E-state index is 12.5. The minimum absolute atomic E-state index is 0.00440. The van der Waals surface area contributed by atoms with E-state index in [1.165, 1.54) is 6.92 Å². The van der Waals surface area contributed by atoms with Crippen LogP contribution < -0.4 is 15.4 Å². The lowest BCUT2D eigenvalue weighted by molar-refractivity contribution is -0.300. The number of amides is 2. The first-order chi connectivity index (χ1) is 12.8. The number of rotatable bonds is 4. The molecule has 0 aromatic heterocycles. The molecule has 1 saturated heterocycles. The Bertz CT molecular complexity index is 670. The second-order valence-electron chi connectivity index (χ2n) is 7.71. The zero-order chi connectivity index (χ0) is 19.5. The van der Waals surface area contributed by atoms with Gasteiger partial charge in [0, 0.05) is 31.4 Å². The van der Waals surface area contributed by atoms with Crippen molar-refractivity contribution in [2.45, 2.75) is 56.9 Å². The summed E-state index contributed by atoms with van der Waals surface area (Å²) in [4.78, 5) is 23.7. The summed E-state index contributed by atoms with van der Waals surface area (Å²) >= 11 is 0. The smallest absolute Gasteiger partial charge is 0.251 e. The Balaban J connectivity index is 1.53. The van der Waals surface area contributed by atoms with Crippen molar-refractivity contribution in [3.63, 3.8) is 0 Å². The van der Waals surface area contributed by atoms with E-state index in [-0.39, 0.29) is 17.9 Å². The molecule has 2 aliphatic rings. The molecule has 1 aliphatic carbocycles. The van der Waals surface area contributed by atoms with Gasteiger partial charge in [0.05, 0.1) is 25.9 Å². The van der Waals surface area contributed by atoms with E-state index in [1.54, 1.807) is 31.4 Å². The van der Waals surface area contributed by atoms with Crippen molar-refractivity contribution in [3.05, 3.63) is 29.8 Å². The number of methoxy groups -OCH3 is 1. The lowest BCUT2D eigenvalue weighted by Gasteiger charge is -2.47. The molecule has 0 radical (unpaired) electrons. The summed E-state index contributed by atoms with van der Waals surface area (Å²) in [5.74, 6) is -0.0638. The van der Waals surface area contributed by atoms with Crippen LogP contribution >= 0.6 is 0 Å². The first-order valence-corrected chi connectivity index (χ1v) is 9.35. The maximum Gasteiger partial charge on any atom is 0.251 e. The third-order valence-electron chi connectivity index (χ3n) is 5.23. The van der Waals surface area contributed by atoms with Gasteiger partial charge in [0.15, 0.2) is 5.79 Å². The fourth-order valence-electron chi connectivity index (χ4n) is 3.60. The van der Waals surface area contributed by atoms with E-state index in [4.69, 9.17) is 14.2 Å². The minimum atomic E-state index is -0.598. The molecule has 1 saturated carbocycles. The first kappa shape index (κ1) is 19.6. The van der Waals surface area contributed by atoms with Crippen LogP contribution in [0, 0.1) is 0 Å². The highest BCUT2D eigenvalue weighted by atomic mass is 16.7. The van der Waals surface area contributed by atoms with Crippen LogP contribution in [0.2, 0.25) is 0 Å². The van der Waals surface area contributed by atoms with Gasteiger partial charge in [-0.3, -0.25) is 9.59 Å². The maximum absolute atomic E-state index is 12.5. The number of hydrogen-bond donors (Lipinski definition) is 2. The molecule has 1 heterocycles. The van der Waals surface area contributed by atoms with E-state index in [2.05, 4.69) is 10.6 Å². The van der Waals surface area contributed by atoms with E-state index in [9.17, 15) is 9.59 Å². The third-order valence-corrected chi connectivity index (χ3v) is 5.23. The van der Waals surface area contributed by atoms with Gasteiger partial charge in [-0.25, -0.2) is 0 Å². The number of carbonyl (C=O) groups is 2. The van der Waals surface area contributed by atoms with Crippen molar-refractivity contribution in [1.29, 1.82) is 0 Å². The highest BCUT2D eigenvalue weighted by molar-refractivity contribution is 5.94. The lowest BCUT2D eigenvalue weighted by atomic mass is 9.88. The molecule has 1 aromatic carbocycles. The fourth-order valence-corrected chi connectivity index (χ4v) is 3.60. The van der Waals surface area contributed by atoms with Crippen molar-refractivity contribution in [3.8, 4) is 5.75 Å². The van der Waals surface area contributed by atoms with Crippen molar-refractivity contribution in [2.75, 3.05) is 20.3 Å². The topological polar surface area (TPSA) is 85.9 Å². The second kappa shape index (κ2) is 7.86. The van der Waals surface area contributed by atoms with Crippen LogP contribution in [0.1, 0.15) is 49.9 Å². The molecule has 2 amide bonds. The van der Waals surface area contributed by atoms with Crippen molar-refractivity contribution in [2.24, 2.45) is 0 Å². The Morgan fingerprint density at radius 3 is 2.22 bits per heavy atom. The predicted octanol–water partition coefficient (Wildman–Crippen LogP) is 2.01. The summed E-state index contributed by atoms with van der Waals surface area (Å²) in [6, 6.07) is 7.16. The van der Waals surface area contributed by atoms with Crippen LogP contribution in [0.5, 0.6) is 5.75 Å². The Morgan fingerprint density at radius 2 is 1.70 bits per heavy atom. The van der Waals surface area contributed by atoms with Gasteiger partial charge in [-0.05, 0) is 44.0 Å². The van der Waals surface area contributed by atoms with Crippen LogP contribution in [0.15, 0.2) is 24.3 Å². The summed E-state index contributed by atoms with van der Waals surface area (Å²) in [6.07, 6.45) is 3.13. The monoisotopic (exact) mass is 376 g/mol. The highest BCUT2D eigenvalue weighted by Crippen LogP contribution is 2.37. The van der Waals surface area contributed by atoms with E-state index < -0.39 is 11.3 Å². The molecular weight excluding hydrogens is 348 g/mol. The van der Waals surface area contributed by atoms with Crippen molar-refractivity contribution < 1.29 is 23.8 Å². The molecule has 2 fully saturated rings. The Kier molecular flexibility index (Phi) is 5.72. The molecule has 0 atom stereocenters. The van der Waals surface area contributed by atoms with Gasteiger partial charge in [0.2, 0.25) is 5.91 Å². The summed E-state index contributed by atoms with van der Waals surface area (Å²) in [6.45, 7) is 4.23. The summed E-state index contributed by atoms with van der Waals surface area (Å²) in [5, 5.41) is 5.98. The Labute approximate surface area is 159 Å². The third kappa shape index (κ3) is 4.78. The van der Waals surface area contributed by atoms with Gasteiger partial charge in [0.25, 0.3) is 5.91 Å². The van der Waals surface area contributed by atoms with Gasteiger partial charge in [-0.1, -0.05) is 0 Å². The van der Waals surface area contributed by atoms with Gasteiger partial charge >= 0.3 is 0 Å². The molecule has 2 N–H and O–H groups in total. The van der Waals surface area contributed by atoms with Crippen LogP contribution in [0.25, 0.3) is 0 Å². The van der Waals surface area contributed by atoms with Crippen molar-refractivity contribution >= 4 is 11.8 Å². The molecule has 0 unspecified atom stereocenters. The van der Waals surface area contributed by atoms with Crippen molar-refractivity contribution in [1.82, 2.24) is 10.6 Å². The van der Waals surface area contributed by atoms with E-state index >= 15 is 0 Å². The fraction of sp³-hybridized carbons (Fsp3) is 0.600. The van der Waals surface area contributed by atoms with Crippen LogP contribution in [0.3, 0.4) is 0 Å². The molecule has 1 spiro atoms. The minimum Gasteiger partial charge on any atom is -0.497 e. The van der Waals surface area contributed by atoms with Gasteiger partial charge in [-0.2, -0.15) is 0 Å². The van der Waals surface area contributed by atoms with Gasteiger partial charge in [-0.15, -0.1) is 0 Å². The normalized spacial score (nSPS) is 30.6. The number of ether oxygens (including phenoxy) is 3.